The Morgan fingerprint density at radius 3 is 2.80 bits per heavy atom. The molecule has 2 aromatic rings. The van der Waals surface area contributed by atoms with Gasteiger partial charge in [0.25, 0.3) is 0 Å². The lowest BCUT2D eigenvalue weighted by atomic mass is 10.4. The second kappa shape index (κ2) is 4.28. The standard InChI is InChI=1S/C10H10BrN3S/c1-6-3-4-8(15-6)10-13-5-7(11)9(12-2)14-10/h3-5H,1-2H3,(H,12,13,14). The summed E-state index contributed by atoms with van der Waals surface area (Å²) in [7, 11) is 1.84. The molecule has 0 aliphatic heterocycles. The van der Waals surface area contributed by atoms with E-state index in [2.05, 4.69) is 44.2 Å². The third-order valence-electron chi connectivity index (χ3n) is 1.94. The first-order valence-corrected chi connectivity index (χ1v) is 6.09. The molecule has 78 valence electrons. The molecule has 0 spiro atoms. The first-order valence-electron chi connectivity index (χ1n) is 4.48. The Balaban J connectivity index is 2.45. The largest absolute Gasteiger partial charge is 0.372 e. The summed E-state index contributed by atoms with van der Waals surface area (Å²) in [5.74, 6) is 1.58. The maximum atomic E-state index is 4.42. The summed E-state index contributed by atoms with van der Waals surface area (Å²) in [5, 5.41) is 3.02. The SMILES string of the molecule is CNc1nc(-c2ccc(C)s2)ncc1Br. The lowest BCUT2D eigenvalue weighted by Gasteiger charge is -2.03. The van der Waals surface area contributed by atoms with Crippen molar-refractivity contribution in [2.75, 3.05) is 12.4 Å². The van der Waals surface area contributed by atoms with E-state index >= 15 is 0 Å². The van der Waals surface area contributed by atoms with Crippen molar-refractivity contribution >= 4 is 33.1 Å². The lowest BCUT2D eigenvalue weighted by Crippen LogP contribution is -1.96. The quantitative estimate of drug-likeness (QED) is 0.919. The van der Waals surface area contributed by atoms with Gasteiger partial charge in [0.05, 0.1) is 9.35 Å². The minimum absolute atomic E-state index is 0.764. The van der Waals surface area contributed by atoms with Gasteiger partial charge in [-0.25, -0.2) is 9.97 Å². The summed E-state index contributed by atoms with van der Waals surface area (Å²) in [4.78, 5) is 11.1. The molecule has 2 heterocycles. The van der Waals surface area contributed by atoms with Gasteiger partial charge in [0.1, 0.15) is 5.82 Å². The fourth-order valence-corrected chi connectivity index (χ4v) is 2.41. The van der Waals surface area contributed by atoms with Gasteiger partial charge in [-0.15, -0.1) is 11.3 Å². The molecule has 0 aromatic carbocycles. The number of thiophene rings is 1. The zero-order valence-corrected chi connectivity index (χ0v) is 10.8. The van der Waals surface area contributed by atoms with Crippen LogP contribution in [0.5, 0.6) is 0 Å². The van der Waals surface area contributed by atoms with Gasteiger partial charge in [0.15, 0.2) is 5.82 Å². The number of hydrogen-bond acceptors (Lipinski definition) is 4. The third-order valence-corrected chi connectivity index (χ3v) is 3.52. The van der Waals surface area contributed by atoms with E-state index in [4.69, 9.17) is 0 Å². The van der Waals surface area contributed by atoms with Gasteiger partial charge < -0.3 is 5.32 Å². The third kappa shape index (κ3) is 2.18. The fourth-order valence-electron chi connectivity index (χ4n) is 1.22. The van der Waals surface area contributed by atoms with Crippen molar-refractivity contribution in [3.05, 3.63) is 27.7 Å². The molecule has 0 aliphatic carbocycles. The van der Waals surface area contributed by atoms with Crippen LogP contribution in [0.1, 0.15) is 4.88 Å². The van der Waals surface area contributed by atoms with Crippen LogP contribution in [0, 0.1) is 6.92 Å². The van der Waals surface area contributed by atoms with Crippen LogP contribution in [-0.4, -0.2) is 17.0 Å². The number of hydrogen-bond donors (Lipinski definition) is 1. The molecular formula is C10H10BrN3S. The van der Waals surface area contributed by atoms with E-state index in [0.29, 0.717) is 0 Å². The molecule has 0 saturated heterocycles. The van der Waals surface area contributed by atoms with Gasteiger partial charge in [0.2, 0.25) is 0 Å². The number of rotatable bonds is 2. The number of aryl methyl sites for hydroxylation is 1. The Hall–Kier alpha value is -0.940. The summed E-state index contributed by atoms with van der Waals surface area (Å²) in [6.07, 6.45) is 1.77. The van der Waals surface area contributed by atoms with Crippen LogP contribution < -0.4 is 5.32 Å². The Bertz CT molecular complexity index is 481. The smallest absolute Gasteiger partial charge is 0.171 e. The molecule has 0 bridgehead atoms. The van der Waals surface area contributed by atoms with Gasteiger partial charge in [-0.1, -0.05) is 0 Å². The molecule has 2 aromatic heterocycles. The highest BCUT2D eigenvalue weighted by Crippen LogP contribution is 2.27. The molecule has 0 atom stereocenters. The Morgan fingerprint density at radius 1 is 1.40 bits per heavy atom. The van der Waals surface area contributed by atoms with Gasteiger partial charge in [-0.3, -0.25) is 0 Å². The zero-order chi connectivity index (χ0) is 10.8. The highest BCUT2D eigenvalue weighted by atomic mass is 79.9. The topological polar surface area (TPSA) is 37.8 Å². The minimum Gasteiger partial charge on any atom is -0.372 e. The van der Waals surface area contributed by atoms with Crippen molar-refractivity contribution in [2.45, 2.75) is 6.92 Å². The van der Waals surface area contributed by atoms with Crippen LogP contribution in [-0.2, 0) is 0 Å². The highest BCUT2D eigenvalue weighted by molar-refractivity contribution is 9.10. The summed E-state index contributed by atoms with van der Waals surface area (Å²) in [6, 6.07) is 4.12. The summed E-state index contributed by atoms with van der Waals surface area (Å²) < 4.78 is 0.877. The first-order chi connectivity index (χ1) is 7.20. The van der Waals surface area contributed by atoms with E-state index in [1.54, 1.807) is 17.5 Å². The molecular weight excluding hydrogens is 274 g/mol. The molecule has 3 nitrogen and oxygen atoms in total. The zero-order valence-electron chi connectivity index (χ0n) is 8.41. The van der Waals surface area contributed by atoms with E-state index in [1.165, 1.54) is 4.88 Å². The Labute approximate surface area is 101 Å². The average molecular weight is 284 g/mol. The molecule has 0 amide bonds. The second-order valence-corrected chi connectivity index (χ2v) is 5.19. The molecule has 0 fully saturated rings. The molecule has 2 rings (SSSR count). The highest BCUT2D eigenvalue weighted by Gasteiger charge is 2.07. The van der Waals surface area contributed by atoms with E-state index in [9.17, 15) is 0 Å². The Kier molecular flexibility index (Phi) is 3.02. The number of nitrogens with zero attached hydrogens (tertiary/aromatic N) is 2. The Morgan fingerprint density at radius 2 is 2.20 bits per heavy atom. The molecule has 0 aliphatic rings. The van der Waals surface area contributed by atoms with E-state index in [-0.39, 0.29) is 0 Å². The van der Waals surface area contributed by atoms with Gasteiger partial charge in [0, 0.05) is 18.1 Å². The van der Waals surface area contributed by atoms with Crippen LogP contribution >= 0.6 is 27.3 Å². The molecule has 5 heteroatoms. The predicted octanol–water partition coefficient (Wildman–Crippen LogP) is 3.32. The van der Waals surface area contributed by atoms with Crippen LogP contribution in [0.4, 0.5) is 5.82 Å². The van der Waals surface area contributed by atoms with Crippen molar-refractivity contribution in [3.8, 4) is 10.7 Å². The van der Waals surface area contributed by atoms with E-state index < -0.39 is 0 Å². The van der Waals surface area contributed by atoms with E-state index in [0.717, 1.165) is 21.0 Å². The van der Waals surface area contributed by atoms with E-state index in [1.807, 2.05) is 13.1 Å². The van der Waals surface area contributed by atoms with Crippen LogP contribution in [0.25, 0.3) is 10.7 Å². The molecule has 15 heavy (non-hydrogen) atoms. The van der Waals surface area contributed by atoms with Crippen molar-refractivity contribution in [1.29, 1.82) is 0 Å². The van der Waals surface area contributed by atoms with Gasteiger partial charge >= 0.3 is 0 Å². The lowest BCUT2D eigenvalue weighted by molar-refractivity contribution is 1.16. The molecule has 0 radical (unpaired) electrons. The maximum absolute atomic E-state index is 4.42. The fraction of sp³-hybridized carbons (Fsp3) is 0.200. The van der Waals surface area contributed by atoms with Crippen LogP contribution in [0.15, 0.2) is 22.8 Å². The summed E-state index contributed by atoms with van der Waals surface area (Å²) >= 11 is 5.08. The summed E-state index contributed by atoms with van der Waals surface area (Å²) in [6.45, 7) is 2.08. The molecule has 0 saturated carbocycles. The molecule has 1 N–H and O–H groups in total. The number of halogens is 1. The number of anilines is 1. The predicted molar refractivity (Wildman–Crippen MR) is 67.3 cm³/mol. The van der Waals surface area contributed by atoms with Crippen molar-refractivity contribution in [3.63, 3.8) is 0 Å². The van der Waals surface area contributed by atoms with Gasteiger partial charge in [-0.2, -0.15) is 0 Å². The minimum atomic E-state index is 0.764. The average Bonchev–Trinajstić information content (AvgIpc) is 2.66. The van der Waals surface area contributed by atoms with Crippen molar-refractivity contribution < 1.29 is 0 Å². The first kappa shape index (κ1) is 10.6. The van der Waals surface area contributed by atoms with Crippen LogP contribution in [0.3, 0.4) is 0 Å². The summed E-state index contributed by atoms with van der Waals surface area (Å²) in [5.41, 5.74) is 0. The molecule has 0 unspecified atom stereocenters. The second-order valence-electron chi connectivity index (χ2n) is 3.05. The number of nitrogens with one attached hydrogen (secondary N) is 1. The normalized spacial score (nSPS) is 10.3. The number of aromatic nitrogens is 2. The van der Waals surface area contributed by atoms with Crippen molar-refractivity contribution in [1.82, 2.24) is 9.97 Å². The van der Waals surface area contributed by atoms with Crippen LogP contribution in [0.2, 0.25) is 0 Å². The maximum Gasteiger partial charge on any atom is 0.171 e. The monoisotopic (exact) mass is 283 g/mol. The van der Waals surface area contributed by atoms with Crippen molar-refractivity contribution in [2.24, 2.45) is 0 Å². The van der Waals surface area contributed by atoms with Gasteiger partial charge in [-0.05, 0) is 35.0 Å².